The van der Waals surface area contributed by atoms with Gasteiger partial charge in [-0.1, -0.05) is 0 Å². The number of likely N-dealkylation sites (tertiary alicyclic amines) is 1. The minimum atomic E-state index is -0.364. The Morgan fingerprint density at radius 2 is 2.38 bits per heavy atom. The number of rotatable bonds is 6. The number of ether oxygens (including phenoxy) is 1. The standard InChI is InChI=1S/C15H22N2O4/c1-3-20-15(19)13-7-4-8-17(13)11(2)14(18)16-10-12-6-5-9-21-12/h5-6,9,11,13H,3-4,7-8,10H2,1-2H3,(H,16,18). The van der Waals surface area contributed by atoms with E-state index in [4.69, 9.17) is 9.15 Å². The number of nitrogens with one attached hydrogen (secondary N) is 1. The van der Waals surface area contributed by atoms with E-state index in [2.05, 4.69) is 5.32 Å². The zero-order chi connectivity index (χ0) is 15.2. The summed E-state index contributed by atoms with van der Waals surface area (Å²) in [6.45, 7) is 5.06. The highest BCUT2D eigenvalue weighted by Gasteiger charge is 2.37. The van der Waals surface area contributed by atoms with Crippen LogP contribution in [0.25, 0.3) is 0 Å². The molecule has 2 atom stereocenters. The maximum absolute atomic E-state index is 12.2. The number of hydrogen-bond acceptors (Lipinski definition) is 5. The van der Waals surface area contributed by atoms with Gasteiger partial charge in [-0.3, -0.25) is 14.5 Å². The number of esters is 1. The molecule has 0 aromatic carbocycles. The van der Waals surface area contributed by atoms with Crippen molar-refractivity contribution >= 4 is 11.9 Å². The number of amides is 1. The Balaban J connectivity index is 1.89. The predicted octanol–water partition coefficient (Wildman–Crippen LogP) is 1.31. The molecule has 1 fully saturated rings. The normalized spacial score (nSPS) is 20.2. The van der Waals surface area contributed by atoms with Crippen molar-refractivity contribution in [2.24, 2.45) is 0 Å². The second-order valence-electron chi connectivity index (χ2n) is 5.12. The highest BCUT2D eigenvalue weighted by Crippen LogP contribution is 2.21. The summed E-state index contributed by atoms with van der Waals surface area (Å²) in [6.07, 6.45) is 3.22. The summed E-state index contributed by atoms with van der Waals surface area (Å²) in [5.41, 5.74) is 0. The molecule has 0 spiro atoms. The third kappa shape index (κ3) is 3.85. The van der Waals surface area contributed by atoms with E-state index in [-0.39, 0.29) is 24.0 Å². The second kappa shape index (κ2) is 7.26. The lowest BCUT2D eigenvalue weighted by Crippen LogP contribution is -2.49. The fourth-order valence-electron chi connectivity index (χ4n) is 2.63. The number of hydrogen-bond donors (Lipinski definition) is 1. The van der Waals surface area contributed by atoms with E-state index in [1.807, 2.05) is 17.9 Å². The first kappa shape index (κ1) is 15.6. The van der Waals surface area contributed by atoms with E-state index in [1.165, 1.54) is 0 Å². The molecule has 1 aliphatic heterocycles. The second-order valence-corrected chi connectivity index (χ2v) is 5.12. The number of furan rings is 1. The monoisotopic (exact) mass is 294 g/mol. The lowest BCUT2D eigenvalue weighted by Gasteiger charge is -2.28. The first-order chi connectivity index (χ1) is 10.1. The SMILES string of the molecule is CCOC(=O)C1CCCN1C(C)C(=O)NCc1ccco1. The molecule has 2 rings (SSSR count). The topological polar surface area (TPSA) is 71.8 Å². The van der Waals surface area contributed by atoms with Crippen LogP contribution in [0.2, 0.25) is 0 Å². The molecule has 0 radical (unpaired) electrons. The van der Waals surface area contributed by atoms with Gasteiger partial charge >= 0.3 is 5.97 Å². The van der Waals surface area contributed by atoms with Crippen LogP contribution in [0.1, 0.15) is 32.4 Å². The van der Waals surface area contributed by atoms with Gasteiger partial charge in [0.15, 0.2) is 0 Å². The Morgan fingerprint density at radius 3 is 3.05 bits per heavy atom. The zero-order valence-corrected chi connectivity index (χ0v) is 12.5. The first-order valence-corrected chi connectivity index (χ1v) is 7.36. The van der Waals surface area contributed by atoms with Crippen molar-refractivity contribution in [1.82, 2.24) is 10.2 Å². The van der Waals surface area contributed by atoms with Crippen molar-refractivity contribution in [3.05, 3.63) is 24.2 Å². The maximum Gasteiger partial charge on any atom is 0.323 e. The molecule has 1 aromatic heterocycles. The third-order valence-electron chi connectivity index (χ3n) is 3.75. The predicted molar refractivity (Wildman–Crippen MR) is 76.4 cm³/mol. The quantitative estimate of drug-likeness (QED) is 0.801. The summed E-state index contributed by atoms with van der Waals surface area (Å²) in [5.74, 6) is 0.363. The van der Waals surface area contributed by atoms with E-state index < -0.39 is 0 Å². The summed E-state index contributed by atoms with van der Waals surface area (Å²) >= 11 is 0. The Bertz CT molecular complexity index is 472. The van der Waals surface area contributed by atoms with E-state index in [0.29, 0.717) is 18.9 Å². The van der Waals surface area contributed by atoms with E-state index >= 15 is 0 Å². The first-order valence-electron chi connectivity index (χ1n) is 7.36. The summed E-state index contributed by atoms with van der Waals surface area (Å²) in [6, 6.07) is 2.91. The number of nitrogens with zero attached hydrogens (tertiary/aromatic N) is 1. The number of carbonyl (C=O) groups is 2. The average Bonchev–Trinajstić information content (AvgIpc) is 3.15. The molecular formula is C15H22N2O4. The molecule has 6 heteroatoms. The molecule has 21 heavy (non-hydrogen) atoms. The van der Waals surface area contributed by atoms with Crippen molar-refractivity contribution in [3.63, 3.8) is 0 Å². The fourth-order valence-corrected chi connectivity index (χ4v) is 2.63. The van der Waals surface area contributed by atoms with Crippen LogP contribution in [-0.2, 0) is 20.9 Å². The van der Waals surface area contributed by atoms with Gasteiger partial charge in [0.1, 0.15) is 11.8 Å². The Labute approximate surface area is 124 Å². The zero-order valence-electron chi connectivity index (χ0n) is 12.5. The summed E-state index contributed by atoms with van der Waals surface area (Å²) < 4.78 is 10.3. The lowest BCUT2D eigenvalue weighted by molar-refractivity contribution is -0.149. The Hall–Kier alpha value is -1.82. The maximum atomic E-state index is 12.2. The van der Waals surface area contributed by atoms with Gasteiger partial charge in [-0.15, -0.1) is 0 Å². The summed E-state index contributed by atoms with van der Waals surface area (Å²) in [4.78, 5) is 26.0. The van der Waals surface area contributed by atoms with Gasteiger partial charge in [0.05, 0.1) is 25.5 Å². The van der Waals surface area contributed by atoms with Gasteiger partial charge < -0.3 is 14.5 Å². The van der Waals surface area contributed by atoms with Crippen LogP contribution in [0, 0.1) is 0 Å². The summed E-state index contributed by atoms with van der Waals surface area (Å²) in [5, 5.41) is 2.83. The molecule has 0 aliphatic carbocycles. The largest absolute Gasteiger partial charge is 0.467 e. The Kier molecular flexibility index (Phi) is 5.38. The minimum absolute atomic E-state index is 0.109. The van der Waals surface area contributed by atoms with Crippen molar-refractivity contribution in [1.29, 1.82) is 0 Å². The smallest absolute Gasteiger partial charge is 0.323 e. The molecule has 1 N–H and O–H groups in total. The van der Waals surface area contributed by atoms with Gasteiger partial charge in [0.2, 0.25) is 5.91 Å². The molecule has 0 bridgehead atoms. The molecule has 2 heterocycles. The molecule has 6 nitrogen and oxygen atoms in total. The lowest BCUT2D eigenvalue weighted by atomic mass is 10.2. The third-order valence-corrected chi connectivity index (χ3v) is 3.75. The van der Waals surface area contributed by atoms with Gasteiger partial charge in [-0.05, 0) is 45.4 Å². The van der Waals surface area contributed by atoms with Gasteiger partial charge in [0.25, 0.3) is 0 Å². The van der Waals surface area contributed by atoms with Gasteiger partial charge in [-0.25, -0.2) is 0 Å². The van der Waals surface area contributed by atoms with Crippen LogP contribution in [0.4, 0.5) is 0 Å². The number of carbonyl (C=O) groups excluding carboxylic acids is 2. The molecule has 1 aliphatic rings. The molecular weight excluding hydrogens is 272 g/mol. The Morgan fingerprint density at radius 1 is 1.57 bits per heavy atom. The van der Waals surface area contributed by atoms with Crippen molar-refractivity contribution in [3.8, 4) is 0 Å². The van der Waals surface area contributed by atoms with Crippen LogP contribution in [0.5, 0.6) is 0 Å². The van der Waals surface area contributed by atoms with Crippen LogP contribution < -0.4 is 5.32 Å². The molecule has 1 saturated heterocycles. The van der Waals surface area contributed by atoms with Gasteiger partial charge in [0, 0.05) is 0 Å². The van der Waals surface area contributed by atoms with E-state index in [1.54, 1.807) is 19.3 Å². The van der Waals surface area contributed by atoms with E-state index in [0.717, 1.165) is 19.4 Å². The van der Waals surface area contributed by atoms with E-state index in [9.17, 15) is 9.59 Å². The molecule has 2 unspecified atom stereocenters. The highest BCUT2D eigenvalue weighted by molar-refractivity contribution is 5.83. The molecule has 1 aromatic rings. The van der Waals surface area contributed by atoms with Crippen LogP contribution >= 0.6 is 0 Å². The average molecular weight is 294 g/mol. The van der Waals surface area contributed by atoms with Gasteiger partial charge in [-0.2, -0.15) is 0 Å². The van der Waals surface area contributed by atoms with Crippen molar-refractivity contribution in [2.45, 2.75) is 45.3 Å². The molecule has 0 saturated carbocycles. The van der Waals surface area contributed by atoms with Crippen LogP contribution in [0.15, 0.2) is 22.8 Å². The highest BCUT2D eigenvalue weighted by atomic mass is 16.5. The van der Waals surface area contributed by atoms with Crippen molar-refractivity contribution in [2.75, 3.05) is 13.2 Å². The fraction of sp³-hybridized carbons (Fsp3) is 0.600. The minimum Gasteiger partial charge on any atom is -0.467 e. The van der Waals surface area contributed by atoms with Crippen LogP contribution in [-0.4, -0.2) is 42.0 Å². The van der Waals surface area contributed by atoms with Crippen molar-refractivity contribution < 1.29 is 18.7 Å². The molecule has 116 valence electrons. The summed E-state index contributed by atoms with van der Waals surface area (Å²) in [7, 11) is 0. The molecule has 1 amide bonds. The van der Waals surface area contributed by atoms with Crippen LogP contribution in [0.3, 0.4) is 0 Å².